The van der Waals surface area contributed by atoms with Crippen LogP contribution in [0.25, 0.3) is 11.1 Å². The number of carbonyl (C=O) groups is 2. The molecule has 1 fully saturated rings. The first-order valence-electron chi connectivity index (χ1n) is 10.9. The minimum absolute atomic E-state index is 0.0233. The highest BCUT2D eigenvalue weighted by molar-refractivity contribution is 5.94. The Morgan fingerprint density at radius 1 is 0.906 bits per heavy atom. The zero-order chi connectivity index (χ0) is 22.6. The van der Waals surface area contributed by atoms with E-state index in [0.29, 0.717) is 37.9 Å². The first-order chi connectivity index (χ1) is 15.5. The Labute approximate surface area is 188 Å². The van der Waals surface area contributed by atoms with Gasteiger partial charge in [0.15, 0.2) is 0 Å². The van der Waals surface area contributed by atoms with Gasteiger partial charge in [-0.1, -0.05) is 30.3 Å². The molecule has 1 aliphatic rings. The maximum absolute atomic E-state index is 13.3. The Morgan fingerprint density at radius 2 is 1.56 bits per heavy atom. The molecule has 164 valence electrons. The lowest BCUT2D eigenvalue weighted by Gasteiger charge is -2.42. The summed E-state index contributed by atoms with van der Waals surface area (Å²) in [5.74, 6) is 0.104. The number of carbonyl (C=O) groups excluding carboxylic acids is 2. The third-order valence-corrected chi connectivity index (χ3v) is 6.27. The molecule has 0 radical (unpaired) electrons. The van der Waals surface area contributed by atoms with Crippen LogP contribution in [0.15, 0.2) is 73.3 Å². The Kier molecular flexibility index (Phi) is 6.30. The molecular weight excluding hydrogens is 400 g/mol. The van der Waals surface area contributed by atoms with E-state index in [2.05, 4.69) is 34.2 Å². The normalized spacial score (nSPS) is 15.2. The summed E-state index contributed by atoms with van der Waals surface area (Å²) in [7, 11) is 3.62. The van der Waals surface area contributed by atoms with Gasteiger partial charge in [-0.2, -0.15) is 0 Å². The Bertz CT molecular complexity index is 1060. The summed E-state index contributed by atoms with van der Waals surface area (Å²) in [6, 6.07) is 15.9. The standard InChI is InChI=1S/C26H28N4O2/c1-29(2)25(32)26(11-15-30(16-12-26)24(31)23-6-4-14-28-19-23)17-20-7-9-21(10-8-20)22-5-3-13-27-18-22/h3-10,13-14,18-19H,11-12,15-17H2,1-2H3. The number of hydrogen-bond acceptors (Lipinski definition) is 4. The van der Waals surface area contributed by atoms with Gasteiger partial charge in [0, 0.05) is 52.0 Å². The van der Waals surface area contributed by atoms with E-state index in [1.807, 2.05) is 37.3 Å². The van der Waals surface area contributed by atoms with E-state index in [1.54, 1.807) is 35.6 Å². The quantitative estimate of drug-likeness (QED) is 0.622. The second-order valence-corrected chi connectivity index (χ2v) is 8.63. The lowest BCUT2D eigenvalue weighted by Crippen LogP contribution is -2.51. The second-order valence-electron chi connectivity index (χ2n) is 8.63. The smallest absolute Gasteiger partial charge is 0.255 e. The number of likely N-dealkylation sites (tertiary alicyclic amines) is 1. The van der Waals surface area contributed by atoms with E-state index in [9.17, 15) is 9.59 Å². The van der Waals surface area contributed by atoms with Gasteiger partial charge in [0.1, 0.15) is 0 Å². The number of nitrogens with zero attached hydrogens (tertiary/aromatic N) is 4. The summed E-state index contributed by atoms with van der Waals surface area (Å²) in [6.07, 6.45) is 8.81. The fourth-order valence-corrected chi connectivity index (χ4v) is 4.49. The van der Waals surface area contributed by atoms with Gasteiger partial charge in [0.2, 0.25) is 5.91 Å². The molecule has 0 bridgehead atoms. The molecule has 4 rings (SSSR count). The molecule has 1 saturated heterocycles. The van der Waals surface area contributed by atoms with Crippen LogP contribution in [-0.4, -0.2) is 58.8 Å². The number of amides is 2. The third kappa shape index (κ3) is 4.54. The van der Waals surface area contributed by atoms with Crippen molar-refractivity contribution >= 4 is 11.8 Å². The molecular formula is C26H28N4O2. The third-order valence-electron chi connectivity index (χ3n) is 6.27. The largest absolute Gasteiger partial charge is 0.348 e. The first kappa shape index (κ1) is 21.7. The highest BCUT2D eigenvalue weighted by atomic mass is 16.2. The monoisotopic (exact) mass is 428 g/mol. The maximum atomic E-state index is 13.3. The van der Waals surface area contributed by atoms with Crippen LogP contribution < -0.4 is 0 Å². The van der Waals surface area contributed by atoms with Gasteiger partial charge in [-0.25, -0.2) is 0 Å². The van der Waals surface area contributed by atoms with Gasteiger partial charge in [0.05, 0.1) is 11.0 Å². The van der Waals surface area contributed by atoms with E-state index in [0.717, 1.165) is 16.7 Å². The summed E-state index contributed by atoms with van der Waals surface area (Å²) in [5, 5.41) is 0. The van der Waals surface area contributed by atoms with Crippen LogP contribution in [0.5, 0.6) is 0 Å². The molecule has 32 heavy (non-hydrogen) atoms. The zero-order valence-electron chi connectivity index (χ0n) is 18.6. The Morgan fingerprint density at radius 3 is 2.12 bits per heavy atom. The van der Waals surface area contributed by atoms with Crippen molar-refractivity contribution in [1.82, 2.24) is 19.8 Å². The first-order valence-corrected chi connectivity index (χ1v) is 10.9. The van der Waals surface area contributed by atoms with Crippen LogP contribution in [-0.2, 0) is 11.2 Å². The fourth-order valence-electron chi connectivity index (χ4n) is 4.49. The highest BCUT2D eigenvalue weighted by Crippen LogP contribution is 2.37. The van der Waals surface area contributed by atoms with E-state index in [4.69, 9.17) is 0 Å². The molecule has 6 heteroatoms. The van der Waals surface area contributed by atoms with Gasteiger partial charge >= 0.3 is 0 Å². The molecule has 0 aliphatic carbocycles. The van der Waals surface area contributed by atoms with Gasteiger partial charge in [-0.3, -0.25) is 19.6 Å². The minimum atomic E-state index is -0.509. The zero-order valence-corrected chi connectivity index (χ0v) is 18.6. The summed E-state index contributed by atoms with van der Waals surface area (Å²) in [5.41, 5.74) is 3.38. The predicted molar refractivity (Wildman–Crippen MR) is 124 cm³/mol. The molecule has 6 nitrogen and oxygen atoms in total. The lowest BCUT2D eigenvalue weighted by atomic mass is 9.72. The molecule has 0 N–H and O–H groups in total. The highest BCUT2D eigenvalue weighted by Gasteiger charge is 2.43. The molecule has 2 aromatic heterocycles. The Hall–Kier alpha value is -3.54. The number of piperidine rings is 1. The molecule has 0 atom stereocenters. The van der Waals surface area contributed by atoms with Crippen molar-refractivity contribution in [3.8, 4) is 11.1 Å². The molecule has 0 spiro atoms. The number of aromatic nitrogens is 2. The van der Waals surface area contributed by atoms with Crippen molar-refractivity contribution in [3.05, 3.63) is 84.4 Å². The maximum Gasteiger partial charge on any atom is 0.255 e. The van der Waals surface area contributed by atoms with Gasteiger partial charge < -0.3 is 9.80 Å². The van der Waals surface area contributed by atoms with Crippen LogP contribution in [0.3, 0.4) is 0 Å². The van der Waals surface area contributed by atoms with E-state index in [1.165, 1.54) is 0 Å². The van der Waals surface area contributed by atoms with Gasteiger partial charge in [-0.15, -0.1) is 0 Å². The van der Waals surface area contributed by atoms with Crippen molar-refractivity contribution in [2.24, 2.45) is 5.41 Å². The van der Waals surface area contributed by atoms with Crippen LogP contribution in [0.1, 0.15) is 28.8 Å². The average molecular weight is 429 g/mol. The number of benzene rings is 1. The summed E-state index contributed by atoms with van der Waals surface area (Å²) in [4.78, 5) is 37.9. The molecule has 1 aliphatic heterocycles. The minimum Gasteiger partial charge on any atom is -0.348 e. The molecule has 0 unspecified atom stereocenters. The molecule has 1 aromatic carbocycles. The second kappa shape index (κ2) is 9.30. The predicted octanol–water partition coefficient (Wildman–Crippen LogP) is 3.70. The van der Waals surface area contributed by atoms with E-state index in [-0.39, 0.29) is 11.8 Å². The summed E-state index contributed by atoms with van der Waals surface area (Å²) in [6.45, 7) is 1.11. The van der Waals surface area contributed by atoms with Crippen molar-refractivity contribution in [2.45, 2.75) is 19.3 Å². The van der Waals surface area contributed by atoms with Crippen LogP contribution >= 0.6 is 0 Å². The van der Waals surface area contributed by atoms with Crippen LogP contribution in [0, 0.1) is 5.41 Å². The van der Waals surface area contributed by atoms with Crippen LogP contribution in [0.2, 0.25) is 0 Å². The van der Waals surface area contributed by atoms with Gasteiger partial charge in [0.25, 0.3) is 5.91 Å². The number of hydrogen-bond donors (Lipinski definition) is 0. The Balaban J connectivity index is 1.51. The average Bonchev–Trinajstić information content (AvgIpc) is 2.85. The lowest BCUT2D eigenvalue weighted by molar-refractivity contribution is -0.142. The number of pyridine rings is 2. The van der Waals surface area contributed by atoms with Crippen molar-refractivity contribution in [3.63, 3.8) is 0 Å². The molecule has 3 aromatic rings. The number of rotatable bonds is 5. The molecule has 0 saturated carbocycles. The van der Waals surface area contributed by atoms with Crippen molar-refractivity contribution in [2.75, 3.05) is 27.2 Å². The van der Waals surface area contributed by atoms with Crippen molar-refractivity contribution < 1.29 is 9.59 Å². The summed E-state index contributed by atoms with van der Waals surface area (Å²) < 4.78 is 0. The van der Waals surface area contributed by atoms with Crippen molar-refractivity contribution in [1.29, 1.82) is 0 Å². The summed E-state index contributed by atoms with van der Waals surface area (Å²) >= 11 is 0. The van der Waals surface area contributed by atoms with E-state index < -0.39 is 5.41 Å². The van der Waals surface area contributed by atoms with Gasteiger partial charge in [-0.05, 0) is 54.2 Å². The molecule has 2 amide bonds. The SMILES string of the molecule is CN(C)C(=O)C1(Cc2ccc(-c3cccnc3)cc2)CCN(C(=O)c2cccnc2)CC1. The molecule has 3 heterocycles. The fraction of sp³-hybridized carbons (Fsp3) is 0.308. The topological polar surface area (TPSA) is 66.4 Å². The van der Waals surface area contributed by atoms with Crippen LogP contribution in [0.4, 0.5) is 0 Å². The van der Waals surface area contributed by atoms with E-state index >= 15 is 0 Å².